The van der Waals surface area contributed by atoms with Gasteiger partial charge in [0.05, 0.1) is 11.0 Å². The van der Waals surface area contributed by atoms with Crippen molar-refractivity contribution >= 4 is 22.2 Å². The minimum absolute atomic E-state index is 0.0630. The van der Waals surface area contributed by atoms with E-state index in [9.17, 15) is 0 Å². The number of hydrogen-bond donors (Lipinski definition) is 0. The van der Waals surface area contributed by atoms with E-state index in [1.807, 2.05) is 0 Å². The lowest BCUT2D eigenvalue weighted by molar-refractivity contribution is 0.287. The van der Waals surface area contributed by atoms with Gasteiger partial charge in [-0.1, -0.05) is 232 Å². The van der Waals surface area contributed by atoms with Gasteiger partial charge >= 0.3 is 0 Å². The van der Waals surface area contributed by atoms with Crippen LogP contribution < -0.4 is 0 Å². The largest absolute Gasteiger partial charge is 0.292 e. The van der Waals surface area contributed by atoms with Crippen molar-refractivity contribution in [2.45, 2.75) is 26.2 Å². The Morgan fingerprint density at radius 3 is 1.44 bits per heavy atom. The van der Waals surface area contributed by atoms with E-state index in [1.54, 1.807) is 0 Å². The van der Waals surface area contributed by atoms with E-state index in [2.05, 4.69) is 285 Å². The maximum Gasteiger partial charge on any atom is 0.145 e. The molecule has 1 aromatic heterocycles. The molecule has 0 radical (unpaired) electrons. The molecular formula is C71H54N2. The van der Waals surface area contributed by atoms with Crippen LogP contribution in [0.5, 0.6) is 0 Å². The topological polar surface area (TPSA) is 17.8 Å². The Kier molecular flexibility index (Phi) is 11.1. The molecule has 3 atom stereocenters. The highest BCUT2D eigenvalue weighted by Gasteiger charge is 2.48. The molecule has 10 aromatic carbocycles. The number of hydrogen-bond acceptors (Lipinski definition) is 1. The molecule has 3 unspecified atom stereocenters. The van der Waals surface area contributed by atoms with E-state index < -0.39 is 0 Å². The van der Waals surface area contributed by atoms with Crippen LogP contribution in [0.25, 0.3) is 83.8 Å². The van der Waals surface area contributed by atoms with Gasteiger partial charge in [-0.2, -0.15) is 0 Å². The second-order valence-electron chi connectivity index (χ2n) is 20.2. The zero-order chi connectivity index (χ0) is 48.9. The highest BCUT2D eigenvalue weighted by atomic mass is 15.1. The zero-order valence-electron chi connectivity index (χ0n) is 41.2. The summed E-state index contributed by atoms with van der Waals surface area (Å²) in [4.78, 5) is 5.23. The van der Waals surface area contributed by atoms with Gasteiger partial charge in [-0.3, -0.25) is 4.57 Å². The number of benzene rings is 10. The lowest BCUT2D eigenvalue weighted by atomic mass is 9.53. The zero-order valence-corrected chi connectivity index (χ0v) is 41.2. The first-order valence-corrected chi connectivity index (χ1v) is 25.7. The summed E-state index contributed by atoms with van der Waals surface area (Å²) < 4.78 is 2.29. The fourth-order valence-electron chi connectivity index (χ4n) is 12.3. The third-order valence-electron chi connectivity index (χ3n) is 15.6. The van der Waals surface area contributed by atoms with E-state index in [-0.39, 0.29) is 17.3 Å². The second-order valence-corrected chi connectivity index (χ2v) is 20.2. The first kappa shape index (κ1) is 44.1. The molecule has 11 aromatic rings. The molecule has 0 N–H and O–H groups in total. The molecule has 0 saturated carbocycles. The minimum Gasteiger partial charge on any atom is -0.292 e. The summed E-state index contributed by atoms with van der Waals surface area (Å²) in [5.74, 6) is 1.26. The van der Waals surface area contributed by atoms with Gasteiger partial charge in [0.15, 0.2) is 0 Å². The summed E-state index contributed by atoms with van der Waals surface area (Å²) in [5, 5.41) is 0. The molecule has 0 spiro atoms. The molecule has 2 aliphatic carbocycles. The van der Waals surface area contributed by atoms with Crippen LogP contribution in [0.4, 0.5) is 0 Å². The Morgan fingerprint density at radius 2 is 0.877 bits per heavy atom. The lowest BCUT2D eigenvalue weighted by Gasteiger charge is -2.50. The molecular weight excluding hydrogens is 881 g/mol. The van der Waals surface area contributed by atoms with E-state index >= 15 is 0 Å². The SMILES string of the molecule is CC1CC2(C)C(=C(c3cc(-c4ccccc4)cc(-c4ccccc4)c3)c3ccccc3C2c2cc(-c3ccccc3)cc(-c3ccccc3)c2)C=C1c1ccc(-c2nc3ccccc3n2-c2ccccc2)cc1. The summed E-state index contributed by atoms with van der Waals surface area (Å²) in [6.45, 7) is 5.02. The molecule has 0 fully saturated rings. The predicted octanol–water partition coefficient (Wildman–Crippen LogP) is 18.4. The predicted molar refractivity (Wildman–Crippen MR) is 305 cm³/mol. The first-order valence-electron chi connectivity index (χ1n) is 25.7. The van der Waals surface area contributed by atoms with Gasteiger partial charge in [-0.15, -0.1) is 0 Å². The number of allylic oxidation sites excluding steroid dienone is 3. The van der Waals surface area contributed by atoms with Gasteiger partial charge in [-0.05, 0) is 150 Å². The lowest BCUT2D eigenvalue weighted by Crippen LogP contribution is -2.37. The molecule has 0 amide bonds. The standard InChI is InChI=1S/C71H54N2/c1-48-47-71(2)65(46-64(48)53-36-38-54(39-37-53)70-72-66-34-20-21-35-67(66)73(70)61-30-16-7-17-31-61)68(59-42-55(49-22-8-3-9-23-49)40-56(43-59)50-24-10-4-11-25-50)62-32-18-19-33-63(62)69(71)60-44-57(51-26-12-5-13-27-51)41-58(45-60)52-28-14-6-15-29-52/h3-46,48,69H,47H2,1-2H3. The molecule has 0 bridgehead atoms. The summed E-state index contributed by atoms with van der Waals surface area (Å²) in [6, 6.07) is 95.8. The number of fused-ring (bicyclic) bond motifs is 3. The number of aromatic nitrogens is 2. The maximum atomic E-state index is 5.23. The van der Waals surface area contributed by atoms with Crippen LogP contribution in [0, 0.1) is 11.3 Å². The molecule has 2 aliphatic rings. The Hall–Kier alpha value is -8.85. The molecule has 2 heteroatoms. The van der Waals surface area contributed by atoms with Crippen LogP contribution in [0.1, 0.15) is 54.0 Å². The molecule has 2 nitrogen and oxygen atoms in total. The fourth-order valence-corrected chi connectivity index (χ4v) is 12.3. The molecule has 0 aliphatic heterocycles. The summed E-state index contributed by atoms with van der Waals surface area (Å²) in [7, 11) is 0. The third-order valence-corrected chi connectivity index (χ3v) is 15.6. The van der Waals surface area contributed by atoms with E-state index in [0.29, 0.717) is 0 Å². The Balaban J connectivity index is 1.04. The maximum absolute atomic E-state index is 5.23. The van der Waals surface area contributed by atoms with Gasteiger partial charge in [-0.25, -0.2) is 4.98 Å². The number of rotatable bonds is 9. The van der Waals surface area contributed by atoms with Gasteiger partial charge in [0.2, 0.25) is 0 Å². The van der Waals surface area contributed by atoms with Crippen molar-refractivity contribution in [2.75, 3.05) is 0 Å². The van der Waals surface area contributed by atoms with Crippen molar-refractivity contribution in [2.24, 2.45) is 11.3 Å². The summed E-state index contributed by atoms with van der Waals surface area (Å²) in [6.07, 6.45) is 3.57. The van der Waals surface area contributed by atoms with Gasteiger partial charge in [0.1, 0.15) is 5.82 Å². The average Bonchev–Trinajstić information content (AvgIpc) is 3.85. The fraction of sp³-hybridized carbons (Fsp3) is 0.0845. The Bertz CT molecular complexity index is 3750. The van der Waals surface area contributed by atoms with E-state index in [0.717, 1.165) is 34.5 Å². The Morgan fingerprint density at radius 1 is 0.425 bits per heavy atom. The minimum atomic E-state index is -0.300. The first-order chi connectivity index (χ1) is 36.0. The van der Waals surface area contributed by atoms with Crippen LogP contribution in [0.15, 0.2) is 273 Å². The molecule has 0 saturated heterocycles. The Labute approximate surface area is 429 Å². The average molecular weight is 935 g/mol. The van der Waals surface area contributed by atoms with Gasteiger partial charge in [0, 0.05) is 22.6 Å². The molecule has 13 rings (SSSR count). The van der Waals surface area contributed by atoms with Crippen molar-refractivity contribution in [3.63, 3.8) is 0 Å². The normalized spacial score (nSPS) is 17.2. The quantitative estimate of drug-likeness (QED) is 0.141. The van der Waals surface area contributed by atoms with Crippen LogP contribution in [-0.2, 0) is 0 Å². The van der Waals surface area contributed by atoms with Crippen molar-refractivity contribution < 1.29 is 0 Å². The van der Waals surface area contributed by atoms with Crippen molar-refractivity contribution in [1.82, 2.24) is 9.55 Å². The summed E-state index contributed by atoms with van der Waals surface area (Å²) in [5.41, 5.74) is 24.2. The third kappa shape index (κ3) is 7.97. The second kappa shape index (κ2) is 18.4. The van der Waals surface area contributed by atoms with E-state index in [4.69, 9.17) is 4.98 Å². The molecule has 348 valence electrons. The van der Waals surface area contributed by atoms with Crippen LogP contribution in [0.2, 0.25) is 0 Å². The number of nitrogens with zero attached hydrogens (tertiary/aromatic N) is 2. The van der Waals surface area contributed by atoms with Crippen LogP contribution in [0.3, 0.4) is 0 Å². The highest BCUT2D eigenvalue weighted by Crippen LogP contribution is 2.62. The molecule has 73 heavy (non-hydrogen) atoms. The number of para-hydroxylation sites is 3. The van der Waals surface area contributed by atoms with Crippen molar-refractivity contribution in [3.8, 4) is 61.6 Å². The molecule has 1 heterocycles. The highest BCUT2D eigenvalue weighted by molar-refractivity contribution is 5.94. The van der Waals surface area contributed by atoms with Crippen LogP contribution in [-0.4, -0.2) is 9.55 Å². The van der Waals surface area contributed by atoms with Gasteiger partial charge < -0.3 is 0 Å². The van der Waals surface area contributed by atoms with Crippen molar-refractivity contribution in [1.29, 1.82) is 0 Å². The summed E-state index contributed by atoms with van der Waals surface area (Å²) >= 11 is 0. The van der Waals surface area contributed by atoms with E-state index in [1.165, 1.54) is 89.0 Å². The van der Waals surface area contributed by atoms with Crippen LogP contribution >= 0.6 is 0 Å². The monoisotopic (exact) mass is 934 g/mol. The number of imidazole rings is 1. The smallest absolute Gasteiger partial charge is 0.145 e. The van der Waals surface area contributed by atoms with Crippen molar-refractivity contribution in [3.05, 3.63) is 300 Å². The van der Waals surface area contributed by atoms with Gasteiger partial charge in [0.25, 0.3) is 0 Å².